The average Bonchev–Trinajstić information content (AvgIpc) is 2.86. The van der Waals surface area contributed by atoms with Crippen LogP contribution in [0.4, 0.5) is 0 Å². The largest absolute Gasteiger partial charge is 0.222 e. The van der Waals surface area contributed by atoms with E-state index in [9.17, 15) is 13.7 Å². The first-order valence-corrected chi connectivity index (χ1v) is 8.35. The van der Waals surface area contributed by atoms with Gasteiger partial charge in [0.25, 0.3) is 0 Å². The summed E-state index contributed by atoms with van der Waals surface area (Å²) < 4.78 is 25.1. The zero-order chi connectivity index (χ0) is 14.0. The van der Waals surface area contributed by atoms with E-state index in [2.05, 4.69) is 0 Å². The van der Waals surface area contributed by atoms with Gasteiger partial charge in [0.2, 0.25) is 0 Å². The molecule has 1 aromatic rings. The van der Waals surface area contributed by atoms with Crippen LogP contribution in [0, 0.1) is 17.2 Å². The van der Waals surface area contributed by atoms with Crippen molar-refractivity contribution in [3.8, 4) is 6.07 Å². The molecular weight excluding hydrogens is 305 g/mol. The minimum atomic E-state index is -3.77. The first-order valence-electron chi connectivity index (χ1n) is 6.05. The van der Waals surface area contributed by atoms with Crippen molar-refractivity contribution in [2.45, 2.75) is 35.8 Å². The van der Waals surface area contributed by atoms with Gasteiger partial charge in [-0.1, -0.05) is 36.0 Å². The molecule has 1 aromatic carbocycles. The molecule has 0 aromatic heterocycles. The summed E-state index contributed by atoms with van der Waals surface area (Å²) in [5, 5.41) is 8.61. The van der Waals surface area contributed by atoms with Crippen LogP contribution in [-0.2, 0) is 9.84 Å². The minimum absolute atomic E-state index is 0.0416. The van der Waals surface area contributed by atoms with Crippen molar-refractivity contribution < 1.29 is 8.42 Å². The van der Waals surface area contributed by atoms with Gasteiger partial charge in [-0.05, 0) is 37.0 Å². The van der Waals surface area contributed by atoms with Crippen LogP contribution in [0.2, 0.25) is 10.0 Å². The van der Waals surface area contributed by atoms with Crippen LogP contribution in [-0.4, -0.2) is 13.7 Å². The summed E-state index contributed by atoms with van der Waals surface area (Å²) in [5.41, 5.74) is 0. The SMILES string of the molecule is N#CC(C1CCCC1)S(=O)(=O)c1cc(Cl)ccc1Cl. The molecule has 0 saturated heterocycles. The topological polar surface area (TPSA) is 57.9 Å². The average molecular weight is 318 g/mol. The monoisotopic (exact) mass is 317 g/mol. The third-order valence-electron chi connectivity index (χ3n) is 3.49. The Balaban J connectivity index is 2.46. The molecule has 0 aliphatic heterocycles. The molecule has 102 valence electrons. The van der Waals surface area contributed by atoms with E-state index in [1.807, 2.05) is 6.07 Å². The smallest absolute Gasteiger partial charge is 0.196 e. The number of sulfone groups is 1. The predicted octanol–water partition coefficient (Wildman–Crippen LogP) is 3.85. The molecule has 0 spiro atoms. The summed E-state index contributed by atoms with van der Waals surface area (Å²) in [4.78, 5) is -0.0416. The minimum Gasteiger partial charge on any atom is -0.222 e. The van der Waals surface area contributed by atoms with Gasteiger partial charge in [0.1, 0.15) is 0 Å². The molecule has 0 bridgehead atoms. The molecule has 0 radical (unpaired) electrons. The van der Waals surface area contributed by atoms with Crippen molar-refractivity contribution in [2.75, 3.05) is 0 Å². The number of rotatable bonds is 3. The van der Waals surface area contributed by atoms with Gasteiger partial charge in [0.15, 0.2) is 15.1 Å². The Morgan fingerprint density at radius 2 is 1.89 bits per heavy atom. The van der Waals surface area contributed by atoms with Crippen molar-refractivity contribution in [1.29, 1.82) is 5.26 Å². The molecule has 3 nitrogen and oxygen atoms in total. The molecule has 1 atom stereocenters. The summed E-state index contributed by atoms with van der Waals surface area (Å²) >= 11 is 11.8. The van der Waals surface area contributed by atoms with E-state index >= 15 is 0 Å². The maximum Gasteiger partial charge on any atom is 0.196 e. The molecule has 0 heterocycles. The van der Waals surface area contributed by atoms with Crippen molar-refractivity contribution in [1.82, 2.24) is 0 Å². The standard InChI is InChI=1S/C13H13Cl2NO2S/c14-10-5-6-11(15)12(7-10)19(17,18)13(8-16)9-3-1-2-4-9/h5-7,9,13H,1-4H2. The number of hydrogen-bond acceptors (Lipinski definition) is 3. The van der Waals surface area contributed by atoms with Crippen LogP contribution in [0.25, 0.3) is 0 Å². The summed E-state index contributed by atoms with van der Waals surface area (Å²) in [7, 11) is -3.77. The fourth-order valence-corrected chi connectivity index (χ4v) is 5.02. The normalized spacial score (nSPS) is 18.2. The number of nitrogens with zero attached hydrogens (tertiary/aromatic N) is 1. The van der Waals surface area contributed by atoms with Gasteiger partial charge in [0.05, 0.1) is 16.0 Å². The second-order valence-corrected chi connectivity index (χ2v) is 7.60. The Hall–Kier alpha value is -0.760. The highest BCUT2D eigenvalue weighted by molar-refractivity contribution is 7.92. The van der Waals surface area contributed by atoms with Crippen LogP contribution >= 0.6 is 23.2 Å². The van der Waals surface area contributed by atoms with Crippen molar-refractivity contribution >= 4 is 33.0 Å². The van der Waals surface area contributed by atoms with Gasteiger partial charge in [-0.15, -0.1) is 0 Å². The first kappa shape index (κ1) is 14.6. The fourth-order valence-electron chi connectivity index (χ4n) is 2.52. The first-order chi connectivity index (χ1) is 8.96. The van der Waals surface area contributed by atoms with E-state index < -0.39 is 15.1 Å². The molecule has 1 saturated carbocycles. The molecule has 1 fully saturated rings. The van der Waals surface area contributed by atoms with Gasteiger partial charge in [-0.25, -0.2) is 8.42 Å². The molecule has 19 heavy (non-hydrogen) atoms. The molecule has 0 N–H and O–H groups in total. The maximum absolute atomic E-state index is 12.6. The number of nitriles is 1. The summed E-state index contributed by atoms with van der Waals surface area (Å²) in [5.74, 6) is -0.106. The van der Waals surface area contributed by atoms with Gasteiger partial charge >= 0.3 is 0 Å². The molecule has 1 aliphatic carbocycles. The van der Waals surface area contributed by atoms with Gasteiger partial charge < -0.3 is 0 Å². The Morgan fingerprint density at radius 3 is 2.47 bits per heavy atom. The zero-order valence-electron chi connectivity index (χ0n) is 10.1. The summed E-state index contributed by atoms with van der Waals surface area (Å²) in [6.07, 6.45) is 3.49. The van der Waals surface area contributed by atoms with Crippen LogP contribution in [0.5, 0.6) is 0 Å². The van der Waals surface area contributed by atoms with Crippen molar-refractivity contribution in [3.05, 3.63) is 28.2 Å². The number of hydrogen-bond donors (Lipinski definition) is 0. The number of benzene rings is 1. The zero-order valence-corrected chi connectivity index (χ0v) is 12.5. The van der Waals surface area contributed by atoms with Gasteiger partial charge in [0, 0.05) is 5.02 Å². The van der Waals surface area contributed by atoms with E-state index in [0.717, 1.165) is 25.7 Å². The second kappa shape index (κ2) is 5.70. The molecule has 0 amide bonds. The third kappa shape index (κ3) is 2.89. The Kier molecular flexibility index (Phi) is 4.39. The van der Waals surface area contributed by atoms with E-state index in [0.29, 0.717) is 5.02 Å². The molecule has 2 rings (SSSR count). The van der Waals surface area contributed by atoms with Gasteiger partial charge in [-0.2, -0.15) is 5.26 Å². The highest BCUT2D eigenvalue weighted by Crippen LogP contribution is 2.36. The summed E-state index contributed by atoms with van der Waals surface area (Å²) in [6.45, 7) is 0. The fraction of sp³-hybridized carbons (Fsp3) is 0.462. The highest BCUT2D eigenvalue weighted by atomic mass is 35.5. The quantitative estimate of drug-likeness (QED) is 0.850. The Labute approximate surface area is 123 Å². The lowest BCUT2D eigenvalue weighted by molar-refractivity contribution is 0.525. The van der Waals surface area contributed by atoms with Crippen LogP contribution in [0.3, 0.4) is 0 Å². The number of halogens is 2. The molecule has 6 heteroatoms. The third-order valence-corrected chi connectivity index (χ3v) is 6.28. The lowest BCUT2D eigenvalue weighted by Gasteiger charge is -2.17. The van der Waals surface area contributed by atoms with Crippen LogP contribution in [0.15, 0.2) is 23.1 Å². The summed E-state index contributed by atoms with van der Waals surface area (Å²) in [6, 6.07) is 6.23. The predicted molar refractivity (Wildman–Crippen MR) is 75.0 cm³/mol. The maximum atomic E-state index is 12.6. The van der Waals surface area contributed by atoms with Crippen molar-refractivity contribution in [3.63, 3.8) is 0 Å². The van der Waals surface area contributed by atoms with Crippen LogP contribution in [0.1, 0.15) is 25.7 Å². The molecule has 1 aliphatic rings. The lowest BCUT2D eigenvalue weighted by Crippen LogP contribution is -2.27. The lowest BCUT2D eigenvalue weighted by atomic mass is 10.1. The van der Waals surface area contributed by atoms with E-state index in [1.165, 1.54) is 18.2 Å². The van der Waals surface area contributed by atoms with E-state index in [-0.39, 0.29) is 15.8 Å². The van der Waals surface area contributed by atoms with Crippen LogP contribution < -0.4 is 0 Å². The van der Waals surface area contributed by atoms with Gasteiger partial charge in [-0.3, -0.25) is 0 Å². The molecule has 1 unspecified atom stereocenters. The Bertz CT molecular complexity index is 616. The van der Waals surface area contributed by atoms with E-state index in [4.69, 9.17) is 23.2 Å². The highest BCUT2D eigenvalue weighted by Gasteiger charge is 2.37. The Morgan fingerprint density at radius 1 is 1.26 bits per heavy atom. The second-order valence-electron chi connectivity index (χ2n) is 4.71. The molecular formula is C13H13Cl2NO2S. The van der Waals surface area contributed by atoms with Crippen molar-refractivity contribution in [2.24, 2.45) is 5.92 Å². The van der Waals surface area contributed by atoms with E-state index in [1.54, 1.807) is 0 Å².